The summed E-state index contributed by atoms with van der Waals surface area (Å²) < 4.78 is 0. The van der Waals surface area contributed by atoms with Gasteiger partial charge in [-0.25, -0.2) is 4.79 Å². The van der Waals surface area contributed by atoms with Crippen LogP contribution < -0.4 is 5.32 Å². The Bertz CT molecular complexity index is 640. The first-order valence-electron chi connectivity index (χ1n) is 8.20. The molecule has 0 bridgehead atoms. The Kier molecular flexibility index (Phi) is 5.84. The lowest BCUT2D eigenvalue weighted by atomic mass is 9.95. The number of benzene rings is 1. The van der Waals surface area contributed by atoms with Gasteiger partial charge in [0.15, 0.2) is 0 Å². The highest BCUT2D eigenvalue weighted by Crippen LogP contribution is 2.20. The number of nitrogens with one attached hydrogen (secondary N) is 1. The van der Waals surface area contributed by atoms with Crippen molar-refractivity contribution in [2.24, 2.45) is 11.8 Å². The number of carbonyl (C=O) groups excluding carboxylic acids is 4. The highest BCUT2D eigenvalue weighted by Gasteiger charge is 2.43. The lowest BCUT2D eigenvalue weighted by Crippen LogP contribution is -2.59. The fourth-order valence-corrected chi connectivity index (χ4v) is 2.67. The van der Waals surface area contributed by atoms with E-state index in [1.807, 2.05) is 0 Å². The minimum absolute atomic E-state index is 0.230. The van der Waals surface area contributed by atoms with Gasteiger partial charge < -0.3 is 0 Å². The molecule has 24 heavy (non-hydrogen) atoms. The van der Waals surface area contributed by atoms with E-state index < -0.39 is 29.7 Å². The third kappa shape index (κ3) is 4.07. The second-order valence-corrected chi connectivity index (χ2v) is 6.37. The molecule has 0 saturated carbocycles. The van der Waals surface area contributed by atoms with E-state index >= 15 is 0 Å². The first kappa shape index (κ1) is 17.8. The molecular formula is C18H22N2O4. The van der Waals surface area contributed by atoms with E-state index in [4.69, 9.17) is 0 Å². The zero-order chi connectivity index (χ0) is 17.7. The first-order chi connectivity index (χ1) is 11.4. The first-order valence-corrected chi connectivity index (χ1v) is 8.20. The quantitative estimate of drug-likeness (QED) is 0.494. The summed E-state index contributed by atoms with van der Waals surface area (Å²) in [4.78, 5) is 49.4. The van der Waals surface area contributed by atoms with Crippen LogP contribution in [0.3, 0.4) is 0 Å². The Labute approximate surface area is 141 Å². The van der Waals surface area contributed by atoms with Gasteiger partial charge in [0.25, 0.3) is 5.91 Å². The highest BCUT2D eigenvalue weighted by molar-refractivity contribution is 6.25. The number of nitrogens with zero attached hydrogens (tertiary/aromatic N) is 1. The fourth-order valence-electron chi connectivity index (χ4n) is 2.67. The van der Waals surface area contributed by atoms with Gasteiger partial charge in [-0.3, -0.25) is 19.7 Å². The van der Waals surface area contributed by atoms with Crippen LogP contribution >= 0.6 is 0 Å². The van der Waals surface area contributed by atoms with E-state index in [0.29, 0.717) is 23.7 Å². The van der Waals surface area contributed by atoms with Gasteiger partial charge in [0, 0.05) is 5.56 Å². The average Bonchev–Trinajstić information content (AvgIpc) is 2.54. The van der Waals surface area contributed by atoms with Crippen molar-refractivity contribution in [3.05, 3.63) is 35.9 Å². The summed E-state index contributed by atoms with van der Waals surface area (Å²) in [5.41, 5.74) is 0.230. The van der Waals surface area contributed by atoms with Gasteiger partial charge in [0.2, 0.25) is 11.8 Å². The lowest BCUT2D eigenvalue weighted by Gasteiger charge is -2.28. The number of unbranched alkanes of at least 4 members (excludes halogenated alkanes) is 1. The molecule has 0 aromatic heterocycles. The number of urea groups is 1. The van der Waals surface area contributed by atoms with Gasteiger partial charge in [0.05, 0.1) is 0 Å². The molecule has 2 rings (SSSR count). The van der Waals surface area contributed by atoms with E-state index in [1.165, 1.54) is 12.1 Å². The lowest BCUT2D eigenvalue weighted by molar-refractivity contribution is -0.141. The third-order valence-corrected chi connectivity index (χ3v) is 4.02. The standard InChI is InChI=1S/C18H22N2O4/c1-12(2)8-6-7-11-14-15(21)19-18(24)20(17(14)23)16(22)13-9-4-3-5-10-13/h3-5,9-10,12,14H,6-8,11H2,1-2H3,(H,19,21,24). The molecule has 1 aromatic carbocycles. The number of hydrogen-bond acceptors (Lipinski definition) is 4. The molecule has 1 heterocycles. The molecule has 1 aliphatic heterocycles. The predicted molar refractivity (Wildman–Crippen MR) is 88.0 cm³/mol. The van der Waals surface area contributed by atoms with Crippen LogP contribution in [0, 0.1) is 11.8 Å². The topological polar surface area (TPSA) is 83.6 Å². The van der Waals surface area contributed by atoms with E-state index in [0.717, 1.165) is 12.8 Å². The van der Waals surface area contributed by atoms with Gasteiger partial charge in [-0.05, 0) is 24.5 Å². The van der Waals surface area contributed by atoms with Crippen molar-refractivity contribution >= 4 is 23.8 Å². The summed E-state index contributed by atoms with van der Waals surface area (Å²) in [5, 5.41) is 2.12. The van der Waals surface area contributed by atoms with Crippen LogP contribution in [0.2, 0.25) is 0 Å². The van der Waals surface area contributed by atoms with Gasteiger partial charge in [-0.15, -0.1) is 0 Å². The maximum absolute atomic E-state index is 12.5. The maximum atomic E-state index is 12.5. The summed E-state index contributed by atoms with van der Waals surface area (Å²) in [6, 6.07) is 7.10. The molecule has 1 unspecified atom stereocenters. The van der Waals surface area contributed by atoms with E-state index in [-0.39, 0.29) is 5.56 Å². The molecule has 1 aliphatic rings. The Hall–Kier alpha value is -2.50. The van der Waals surface area contributed by atoms with Crippen LogP contribution in [0.1, 0.15) is 49.9 Å². The number of barbiturate groups is 1. The van der Waals surface area contributed by atoms with Crippen molar-refractivity contribution in [3.8, 4) is 0 Å². The van der Waals surface area contributed by atoms with E-state index in [2.05, 4.69) is 19.2 Å². The van der Waals surface area contributed by atoms with Crippen molar-refractivity contribution in [2.75, 3.05) is 0 Å². The number of imide groups is 4. The molecule has 1 atom stereocenters. The summed E-state index contributed by atoms with van der Waals surface area (Å²) in [6.45, 7) is 4.22. The van der Waals surface area contributed by atoms with E-state index in [1.54, 1.807) is 18.2 Å². The van der Waals surface area contributed by atoms with Crippen molar-refractivity contribution in [1.82, 2.24) is 10.2 Å². The van der Waals surface area contributed by atoms with Gasteiger partial charge in [-0.2, -0.15) is 4.90 Å². The second kappa shape index (κ2) is 7.86. The monoisotopic (exact) mass is 330 g/mol. The SMILES string of the molecule is CC(C)CCCCC1C(=O)NC(=O)N(C(=O)c2ccccc2)C1=O. The van der Waals surface area contributed by atoms with Gasteiger partial charge >= 0.3 is 6.03 Å². The number of rotatable bonds is 6. The summed E-state index contributed by atoms with van der Waals surface area (Å²) in [7, 11) is 0. The molecule has 1 fully saturated rings. The summed E-state index contributed by atoms with van der Waals surface area (Å²) >= 11 is 0. The third-order valence-electron chi connectivity index (χ3n) is 4.02. The van der Waals surface area contributed by atoms with Crippen molar-refractivity contribution < 1.29 is 19.2 Å². The fraction of sp³-hybridized carbons (Fsp3) is 0.444. The van der Waals surface area contributed by atoms with E-state index in [9.17, 15) is 19.2 Å². The minimum atomic E-state index is -0.984. The number of amides is 5. The molecule has 1 aromatic rings. The van der Waals surface area contributed by atoms with Crippen molar-refractivity contribution in [1.29, 1.82) is 0 Å². The molecule has 5 amide bonds. The summed E-state index contributed by atoms with van der Waals surface area (Å²) in [6.07, 6.45) is 2.94. The van der Waals surface area contributed by atoms with Gasteiger partial charge in [0.1, 0.15) is 5.92 Å². The molecule has 6 heteroatoms. The van der Waals surface area contributed by atoms with Crippen molar-refractivity contribution in [2.45, 2.75) is 39.5 Å². The minimum Gasteiger partial charge on any atom is -0.276 e. The molecular weight excluding hydrogens is 308 g/mol. The largest absolute Gasteiger partial charge is 0.338 e. The van der Waals surface area contributed by atoms with Crippen LogP contribution in [0.4, 0.5) is 4.79 Å². The molecule has 1 N–H and O–H groups in total. The molecule has 0 radical (unpaired) electrons. The van der Waals surface area contributed by atoms with Crippen LogP contribution in [0.25, 0.3) is 0 Å². The number of carbonyl (C=O) groups is 4. The molecule has 0 aliphatic carbocycles. The maximum Gasteiger partial charge on any atom is 0.338 e. The molecule has 1 saturated heterocycles. The Morgan fingerprint density at radius 2 is 1.79 bits per heavy atom. The zero-order valence-corrected chi connectivity index (χ0v) is 14.0. The normalized spacial score (nSPS) is 18.0. The Morgan fingerprint density at radius 3 is 2.42 bits per heavy atom. The van der Waals surface area contributed by atoms with Crippen LogP contribution in [0.15, 0.2) is 30.3 Å². The highest BCUT2D eigenvalue weighted by atomic mass is 16.2. The average molecular weight is 330 g/mol. The molecule has 6 nitrogen and oxygen atoms in total. The van der Waals surface area contributed by atoms with Crippen LogP contribution in [-0.4, -0.2) is 28.7 Å². The van der Waals surface area contributed by atoms with Crippen LogP contribution in [0.5, 0.6) is 0 Å². The van der Waals surface area contributed by atoms with Crippen molar-refractivity contribution in [3.63, 3.8) is 0 Å². The Morgan fingerprint density at radius 1 is 1.12 bits per heavy atom. The smallest absolute Gasteiger partial charge is 0.276 e. The zero-order valence-electron chi connectivity index (χ0n) is 14.0. The number of hydrogen-bond donors (Lipinski definition) is 1. The molecule has 128 valence electrons. The van der Waals surface area contributed by atoms with Crippen LogP contribution in [-0.2, 0) is 9.59 Å². The second-order valence-electron chi connectivity index (χ2n) is 6.37. The predicted octanol–water partition coefficient (Wildman–Crippen LogP) is 2.74. The Balaban J connectivity index is 2.09. The summed E-state index contributed by atoms with van der Waals surface area (Å²) in [5.74, 6) is -2.49. The molecule has 0 spiro atoms. The van der Waals surface area contributed by atoms with Gasteiger partial charge in [-0.1, -0.05) is 51.3 Å².